The smallest absolute Gasteiger partial charge is 0.0404 e. The van der Waals surface area contributed by atoms with Crippen molar-refractivity contribution in [2.45, 2.75) is 6.92 Å². The largest absolute Gasteiger partial charge is 0.405 e. The van der Waals surface area contributed by atoms with E-state index in [-0.39, 0.29) is 0 Å². The third-order valence-electron chi connectivity index (χ3n) is 1.45. The van der Waals surface area contributed by atoms with Gasteiger partial charge in [-0.2, -0.15) is 0 Å². The van der Waals surface area contributed by atoms with E-state index < -0.39 is 0 Å². The Hall–Kier alpha value is -1.18. The van der Waals surface area contributed by atoms with Crippen LogP contribution in [0.4, 0.5) is 0 Å². The first-order valence-electron chi connectivity index (χ1n) is 3.52. The van der Waals surface area contributed by atoms with Crippen LogP contribution in [0.5, 0.6) is 0 Å². The van der Waals surface area contributed by atoms with Crippen LogP contribution in [0.3, 0.4) is 0 Å². The predicted molar refractivity (Wildman–Crippen MR) is 49.9 cm³/mol. The van der Waals surface area contributed by atoms with E-state index in [1.165, 1.54) is 6.20 Å². The van der Waals surface area contributed by atoms with Crippen LogP contribution in [0.1, 0.15) is 6.92 Å². The minimum atomic E-state index is 1.09. The van der Waals surface area contributed by atoms with Gasteiger partial charge in [0.05, 0.1) is 0 Å². The van der Waals surface area contributed by atoms with E-state index in [4.69, 9.17) is 5.73 Å². The molecule has 2 nitrogen and oxygen atoms in total. The summed E-state index contributed by atoms with van der Waals surface area (Å²) in [4.78, 5) is 2.00. The highest BCUT2D eigenvalue weighted by molar-refractivity contribution is 5.28. The molecule has 0 saturated carbocycles. The van der Waals surface area contributed by atoms with Crippen molar-refractivity contribution in [1.29, 1.82) is 0 Å². The van der Waals surface area contributed by atoms with Crippen molar-refractivity contribution < 1.29 is 0 Å². The van der Waals surface area contributed by atoms with Gasteiger partial charge < -0.3 is 10.6 Å². The van der Waals surface area contributed by atoms with E-state index in [1.807, 2.05) is 38.1 Å². The van der Waals surface area contributed by atoms with Crippen LogP contribution in [-0.2, 0) is 0 Å². The fraction of sp³-hybridized carbons (Fsp3) is 0.333. The SMILES string of the molecule is C=C/C(C)=C(/C=C\N)N(C)C. The Morgan fingerprint density at radius 2 is 2.00 bits per heavy atom. The van der Waals surface area contributed by atoms with E-state index in [1.54, 1.807) is 0 Å². The van der Waals surface area contributed by atoms with Crippen molar-refractivity contribution in [3.8, 4) is 0 Å². The zero-order valence-corrected chi connectivity index (χ0v) is 7.46. The summed E-state index contributed by atoms with van der Waals surface area (Å²) in [6.45, 7) is 5.69. The standard InChI is InChI=1S/C9H16N2/c1-5-8(2)9(6-7-10)11(3)4/h5-7H,1,10H2,2-4H3/b7-6-,9-8-. The molecule has 0 aromatic heterocycles. The molecule has 2 heteroatoms. The third kappa shape index (κ3) is 2.94. The van der Waals surface area contributed by atoms with Crippen LogP contribution < -0.4 is 5.73 Å². The second-order valence-corrected chi connectivity index (χ2v) is 2.53. The quantitative estimate of drug-likeness (QED) is 0.621. The molecule has 0 heterocycles. The summed E-state index contributed by atoms with van der Waals surface area (Å²) in [5.41, 5.74) is 7.49. The van der Waals surface area contributed by atoms with Crippen molar-refractivity contribution >= 4 is 0 Å². The lowest BCUT2D eigenvalue weighted by Gasteiger charge is -2.15. The maximum Gasteiger partial charge on any atom is 0.0404 e. The molecule has 11 heavy (non-hydrogen) atoms. The third-order valence-corrected chi connectivity index (χ3v) is 1.45. The molecule has 0 bridgehead atoms. The molecule has 0 spiro atoms. The molecule has 0 radical (unpaired) electrons. The van der Waals surface area contributed by atoms with Gasteiger partial charge in [-0.25, -0.2) is 0 Å². The lowest BCUT2D eigenvalue weighted by molar-refractivity contribution is 0.525. The monoisotopic (exact) mass is 152 g/mol. The first-order chi connectivity index (χ1) is 5.13. The molecular formula is C9H16N2. The summed E-state index contributed by atoms with van der Waals surface area (Å²) in [5.74, 6) is 0. The molecule has 62 valence electrons. The second kappa shape index (κ2) is 4.61. The van der Waals surface area contributed by atoms with E-state index in [0.717, 1.165) is 11.3 Å². The summed E-state index contributed by atoms with van der Waals surface area (Å²) < 4.78 is 0. The average molecular weight is 152 g/mol. The summed E-state index contributed by atoms with van der Waals surface area (Å²) in [6, 6.07) is 0. The maximum absolute atomic E-state index is 5.28. The second-order valence-electron chi connectivity index (χ2n) is 2.53. The summed E-state index contributed by atoms with van der Waals surface area (Å²) in [7, 11) is 3.95. The Morgan fingerprint density at radius 3 is 2.27 bits per heavy atom. The fourth-order valence-corrected chi connectivity index (χ4v) is 0.829. The molecule has 0 rings (SSSR count). The first kappa shape index (κ1) is 9.82. The van der Waals surface area contributed by atoms with Gasteiger partial charge in [-0.15, -0.1) is 0 Å². The molecule has 0 fully saturated rings. The van der Waals surface area contributed by atoms with Crippen molar-refractivity contribution in [3.05, 3.63) is 36.2 Å². The van der Waals surface area contributed by atoms with Crippen molar-refractivity contribution in [1.82, 2.24) is 4.90 Å². The molecule has 0 unspecified atom stereocenters. The summed E-state index contributed by atoms with van der Waals surface area (Å²) >= 11 is 0. The average Bonchev–Trinajstić information content (AvgIpc) is 1.98. The number of rotatable bonds is 3. The van der Waals surface area contributed by atoms with Crippen LogP contribution in [0.15, 0.2) is 36.2 Å². The van der Waals surface area contributed by atoms with E-state index in [2.05, 4.69) is 6.58 Å². The number of hydrogen-bond acceptors (Lipinski definition) is 2. The lowest BCUT2D eigenvalue weighted by Crippen LogP contribution is -2.11. The fourth-order valence-electron chi connectivity index (χ4n) is 0.829. The van der Waals surface area contributed by atoms with Crippen LogP contribution in [-0.4, -0.2) is 19.0 Å². The molecule has 0 amide bonds. The Bertz CT molecular complexity index is 188. The van der Waals surface area contributed by atoms with Crippen molar-refractivity contribution in [2.24, 2.45) is 5.73 Å². The highest BCUT2D eigenvalue weighted by Gasteiger charge is 1.96. The zero-order chi connectivity index (χ0) is 8.85. The molecule has 0 aromatic carbocycles. The van der Waals surface area contributed by atoms with Crippen LogP contribution >= 0.6 is 0 Å². The molecule has 0 saturated heterocycles. The molecule has 0 aliphatic rings. The Balaban J connectivity index is 4.71. The van der Waals surface area contributed by atoms with Crippen molar-refractivity contribution in [2.75, 3.05) is 14.1 Å². The van der Waals surface area contributed by atoms with Gasteiger partial charge in [0.1, 0.15) is 0 Å². The minimum absolute atomic E-state index is 1.09. The normalized spacial score (nSPS) is 13.0. The van der Waals surface area contributed by atoms with Gasteiger partial charge in [0, 0.05) is 19.8 Å². The Labute approximate surface area is 68.7 Å². The van der Waals surface area contributed by atoms with Crippen LogP contribution in [0.2, 0.25) is 0 Å². The molecule has 0 aliphatic heterocycles. The Kier molecular flexibility index (Phi) is 4.11. The van der Waals surface area contributed by atoms with Gasteiger partial charge in [-0.3, -0.25) is 0 Å². The molecule has 0 atom stereocenters. The zero-order valence-electron chi connectivity index (χ0n) is 7.46. The first-order valence-corrected chi connectivity index (χ1v) is 3.52. The van der Waals surface area contributed by atoms with E-state index in [9.17, 15) is 0 Å². The van der Waals surface area contributed by atoms with Gasteiger partial charge in [-0.05, 0) is 24.8 Å². The molecular weight excluding hydrogens is 136 g/mol. The summed E-state index contributed by atoms with van der Waals surface area (Å²) in [6.07, 6.45) is 5.20. The summed E-state index contributed by atoms with van der Waals surface area (Å²) in [5, 5.41) is 0. The lowest BCUT2D eigenvalue weighted by atomic mass is 10.2. The van der Waals surface area contributed by atoms with Crippen LogP contribution in [0.25, 0.3) is 0 Å². The molecule has 0 aromatic rings. The van der Waals surface area contributed by atoms with E-state index >= 15 is 0 Å². The number of likely N-dealkylation sites (N-methyl/N-ethyl adjacent to an activating group) is 1. The number of hydrogen-bond donors (Lipinski definition) is 1. The Morgan fingerprint density at radius 1 is 1.45 bits per heavy atom. The predicted octanol–water partition coefficient (Wildman–Crippen LogP) is 1.48. The molecule has 0 aliphatic carbocycles. The van der Waals surface area contributed by atoms with Crippen LogP contribution in [0, 0.1) is 0 Å². The molecule has 2 N–H and O–H groups in total. The highest BCUT2D eigenvalue weighted by Crippen LogP contribution is 2.08. The van der Waals surface area contributed by atoms with E-state index in [0.29, 0.717) is 0 Å². The van der Waals surface area contributed by atoms with Gasteiger partial charge in [0.2, 0.25) is 0 Å². The van der Waals surface area contributed by atoms with Gasteiger partial charge in [0.15, 0.2) is 0 Å². The van der Waals surface area contributed by atoms with Gasteiger partial charge >= 0.3 is 0 Å². The highest BCUT2D eigenvalue weighted by atomic mass is 15.1. The number of allylic oxidation sites excluding steroid dienone is 3. The topological polar surface area (TPSA) is 29.3 Å². The maximum atomic E-state index is 5.28. The number of nitrogens with zero attached hydrogens (tertiary/aromatic N) is 1. The van der Waals surface area contributed by atoms with Gasteiger partial charge in [-0.1, -0.05) is 12.7 Å². The number of nitrogens with two attached hydrogens (primary N) is 1. The minimum Gasteiger partial charge on any atom is -0.405 e. The van der Waals surface area contributed by atoms with Crippen molar-refractivity contribution in [3.63, 3.8) is 0 Å². The van der Waals surface area contributed by atoms with Gasteiger partial charge in [0.25, 0.3) is 0 Å².